The van der Waals surface area contributed by atoms with Crippen LogP contribution >= 0.6 is 0 Å². The number of rotatable bonds is 4. The van der Waals surface area contributed by atoms with Crippen molar-refractivity contribution in [3.63, 3.8) is 0 Å². The average molecular weight is 327 g/mol. The fourth-order valence-electron chi connectivity index (χ4n) is 1.93. The zero-order chi connectivity index (χ0) is 17.7. The number of nitrogens with zero attached hydrogens (tertiary/aromatic N) is 2. The van der Waals surface area contributed by atoms with Crippen LogP contribution in [-0.2, 0) is 4.79 Å². The predicted octanol–water partition coefficient (Wildman–Crippen LogP) is 2.90. The van der Waals surface area contributed by atoms with Crippen LogP contribution in [0, 0.1) is 0 Å². The molecule has 3 N–H and O–H groups in total. The summed E-state index contributed by atoms with van der Waals surface area (Å²) in [5.41, 5.74) is 1.36. The van der Waals surface area contributed by atoms with Gasteiger partial charge in [-0.1, -0.05) is 0 Å². The Balaban J connectivity index is 2.00. The minimum atomic E-state index is -0.350. The molecule has 0 aliphatic rings. The van der Waals surface area contributed by atoms with Gasteiger partial charge in [-0.3, -0.25) is 9.59 Å². The van der Waals surface area contributed by atoms with Gasteiger partial charge in [-0.2, -0.15) is 0 Å². The summed E-state index contributed by atoms with van der Waals surface area (Å²) >= 11 is 0. The van der Waals surface area contributed by atoms with Gasteiger partial charge in [-0.05, 0) is 45.0 Å². The first kappa shape index (κ1) is 17.4. The van der Waals surface area contributed by atoms with Crippen molar-refractivity contribution in [2.24, 2.45) is 0 Å². The summed E-state index contributed by atoms with van der Waals surface area (Å²) in [7, 11) is 0. The Morgan fingerprint density at radius 1 is 0.917 bits per heavy atom. The molecule has 0 saturated carbocycles. The number of aromatic nitrogens is 2. The topological polar surface area (TPSA) is 96.0 Å². The zero-order valence-electron chi connectivity index (χ0n) is 14.2. The Bertz CT molecular complexity index is 718. The van der Waals surface area contributed by atoms with Gasteiger partial charge in [-0.15, -0.1) is 0 Å². The lowest BCUT2D eigenvalue weighted by molar-refractivity contribution is -0.114. The fraction of sp³-hybridized carbons (Fsp3) is 0.294. The van der Waals surface area contributed by atoms with Crippen molar-refractivity contribution in [1.29, 1.82) is 0 Å². The van der Waals surface area contributed by atoms with Crippen LogP contribution in [0.25, 0.3) is 0 Å². The highest BCUT2D eigenvalue weighted by atomic mass is 16.2. The third-order valence-electron chi connectivity index (χ3n) is 2.85. The molecule has 0 fully saturated rings. The molecule has 0 radical (unpaired) electrons. The lowest BCUT2D eigenvalue weighted by Crippen LogP contribution is -2.27. The summed E-state index contributed by atoms with van der Waals surface area (Å²) in [6.45, 7) is 7.48. The number of benzene rings is 1. The normalized spacial score (nSPS) is 10.8. The standard InChI is InChI=1S/C17H21N5O2/c1-11(23)20-12-5-7-13(8-6-12)21-16(24)14-9-19-15(10-18-14)22-17(2,3)4/h5-10H,1-4H3,(H,19,22)(H,20,23)(H,21,24). The minimum absolute atomic E-state index is 0.131. The highest BCUT2D eigenvalue weighted by molar-refractivity contribution is 6.02. The molecule has 2 amide bonds. The van der Waals surface area contributed by atoms with Gasteiger partial charge < -0.3 is 16.0 Å². The molecule has 126 valence electrons. The van der Waals surface area contributed by atoms with Crippen molar-refractivity contribution in [1.82, 2.24) is 9.97 Å². The molecule has 7 nitrogen and oxygen atoms in total. The first-order chi connectivity index (χ1) is 11.2. The largest absolute Gasteiger partial charge is 0.364 e. The van der Waals surface area contributed by atoms with E-state index in [0.29, 0.717) is 17.2 Å². The molecular weight excluding hydrogens is 306 g/mol. The Morgan fingerprint density at radius 3 is 1.96 bits per heavy atom. The van der Waals surface area contributed by atoms with E-state index in [1.165, 1.54) is 19.3 Å². The maximum atomic E-state index is 12.2. The monoisotopic (exact) mass is 327 g/mol. The van der Waals surface area contributed by atoms with E-state index in [-0.39, 0.29) is 23.0 Å². The smallest absolute Gasteiger partial charge is 0.275 e. The number of hydrogen-bond donors (Lipinski definition) is 3. The van der Waals surface area contributed by atoms with E-state index in [1.807, 2.05) is 20.8 Å². The van der Waals surface area contributed by atoms with Crippen LogP contribution in [0.4, 0.5) is 17.2 Å². The molecule has 1 aromatic carbocycles. The molecular formula is C17H21N5O2. The summed E-state index contributed by atoms with van der Waals surface area (Å²) in [4.78, 5) is 31.5. The van der Waals surface area contributed by atoms with Crippen molar-refractivity contribution in [2.45, 2.75) is 33.2 Å². The molecule has 0 bridgehead atoms. The third kappa shape index (κ3) is 5.35. The Hall–Kier alpha value is -2.96. The van der Waals surface area contributed by atoms with Crippen molar-refractivity contribution < 1.29 is 9.59 Å². The van der Waals surface area contributed by atoms with Crippen molar-refractivity contribution in [2.75, 3.05) is 16.0 Å². The molecule has 0 atom stereocenters. The van der Waals surface area contributed by atoms with Crippen molar-refractivity contribution in [3.8, 4) is 0 Å². The number of nitrogens with one attached hydrogen (secondary N) is 3. The van der Waals surface area contributed by atoms with Crippen molar-refractivity contribution >= 4 is 29.0 Å². The molecule has 0 aliphatic carbocycles. The van der Waals surface area contributed by atoms with Crippen LogP contribution in [0.5, 0.6) is 0 Å². The van der Waals surface area contributed by atoms with Crippen LogP contribution in [0.15, 0.2) is 36.7 Å². The van der Waals surface area contributed by atoms with Gasteiger partial charge in [0.2, 0.25) is 5.91 Å². The Labute approximate surface area is 140 Å². The summed E-state index contributed by atoms with van der Waals surface area (Å²) in [6.07, 6.45) is 2.95. The number of hydrogen-bond acceptors (Lipinski definition) is 5. The highest BCUT2D eigenvalue weighted by Crippen LogP contribution is 2.15. The summed E-state index contributed by atoms with van der Waals surface area (Å²) in [5, 5.41) is 8.57. The molecule has 0 aliphatic heterocycles. The van der Waals surface area contributed by atoms with E-state index >= 15 is 0 Å². The number of amides is 2. The van der Waals surface area contributed by atoms with E-state index in [1.54, 1.807) is 24.3 Å². The second-order valence-corrected chi connectivity index (χ2v) is 6.37. The van der Waals surface area contributed by atoms with Gasteiger partial charge in [0.25, 0.3) is 5.91 Å². The van der Waals surface area contributed by atoms with Crippen LogP contribution in [0.3, 0.4) is 0 Å². The summed E-state index contributed by atoms with van der Waals surface area (Å²) < 4.78 is 0. The first-order valence-corrected chi connectivity index (χ1v) is 7.52. The second-order valence-electron chi connectivity index (χ2n) is 6.37. The van der Waals surface area contributed by atoms with Gasteiger partial charge in [0.05, 0.1) is 12.4 Å². The molecule has 7 heteroatoms. The molecule has 1 aromatic heterocycles. The number of anilines is 3. The fourth-order valence-corrected chi connectivity index (χ4v) is 1.93. The molecule has 2 rings (SSSR count). The average Bonchev–Trinajstić information content (AvgIpc) is 2.48. The molecule has 0 saturated heterocycles. The van der Waals surface area contributed by atoms with Crippen LogP contribution in [0.1, 0.15) is 38.2 Å². The van der Waals surface area contributed by atoms with Gasteiger partial charge in [0.15, 0.2) is 0 Å². The Morgan fingerprint density at radius 2 is 1.50 bits per heavy atom. The third-order valence-corrected chi connectivity index (χ3v) is 2.85. The first-order valence-electron chi connectivity index (χ1n) is 7.52. The van der Waals surface area contributed by atoms with Crippen LogP contribution < -0.4 is 16.0 Å². The summed E-state index contributed by atoms with van der Waals surface area (Å²) in [6, 6.07) is 6.82. The summed E-state index contributed by atoms with van der Waals surface area (Å²) in [5.74, 6) is 0.113. The van der Waals surface area contributed by atoms with Crippen LogP contribution in [-0.4, -0.2) is 27.3 Å². The quantitative estimate of drug-likeness (QED) is 0.802. The van der Waals surface area contributed by atoms with Gasteiger partial charge >= 0.3 is 0 Å². The maximum Gasteiger partial charge on any atom is 0.275 e. The van der Waals surface area contributed by atoms with E-state index in [4.69, 9.17) is 0 Å². The Kier molecular flexibility index (Phi) is 5.13. The maximum absolute atomic E-state index is 12.2. The lowest BCUT2D eigenvalue weighted by atomic mass is 10.1. The number of carbonyl (C=O) groups is 2. The van der Waals surface area contributed by atoms with E-state index < -0.39 is 0 Å². The van der Waals surface area contributed by atoms with Gasteiger partial charge in [-0.25, -0.2) is 9.97 Å². The lowest BCUT2D eigenvalue weighted by Gasteiger charge is -2.20. The van der Waals surface area contributed by atoms with Crippen molar-refractivity contribution in [3.05, 3.63) is 42.4 Å². The molecule has 0 unspecified atom stereocenters. The minimum Gasteiger partial charge on any atom is -0.364 e. The van der Waals surface area contributed by atoms with E-state index in [2.05, 4.69) is 25.9 Å². The van der Waals surface area contributed by atoms with E-state index in [0.717, 1.165) is 0 Å². The van der Waals surface area contributed by atoms with Crippen LogP contribution in [0.2, 0.25) is 0 Å². The zero-order valence-corrected chi connectivity index (χ0v) is 14.2. The van der Waals surface area contributed by atoms with Gasteiger partial charge in [0, 0.05) is 23.8 Å². The second kappa shape index (κ2) is 7.08. The molecule has 2 aromatic rings. The van der Waals surface area contributed by atoms with Gasteiger partial charge in [0.1, 0.15) is 11.5 Å². The molecule has 24 heavy (non-hydrogen) atoms. The van der Waals surface area contributed by atoms with E-state index in [9.17, 15) is 9.59 Å². The number of carbonyl (C=O) groups excluding carboxylic acids is 2. The molecule has 0 spiro atoms. The SMILES string of the molecule is CC(=O)Nc1ccc(NC(=O)c2cnc(NC(C)(C)C)cn2)cc1. The highest BCUT2D eigenvalue weighted by Gasteiger charge is 2.12. The predicted molar refractivity (Wildman–Crippen MR) is 94.1 cm³/mol. The molecule has 1 heterocycles.